The van der Waals surface area contributed by atoms with Crippen LogP contribution >= 0.6 is 0 Å². The molecule has 0 bridgehead atoms. The summed E-state index contributed by atoms with van der Waals surface area (Å²) in [4.78, 5) is 2.54. The molecule has 1 N–H and O–H groups in total. The SMILES string of the molecule is Cc1cc(Nc2cc3c(cc2C)C(C)(C)CCC3(C)C)cc(N(c2ccc3c(c2)C(C)(C)CCC3(C)C)c2ccc3c(c2)C(C)(C)CCC3(C)C)c1. The highest BCUT2D eigenvalue weighted by molar-refractivity contribution is 5.81. The van der Waals surface area contributed by atoms with Crippen molar-refractivity contribution in [1.29, 1.82) is 0 Å². The van der Waals surface area contributed by atoms with Gasteiger partial charge in [0.25, 0.3) is 0 Å². The molecular weight excluding hydrogens is 629 g/mol. The van der Waals surface area contributed by atoms with Gasteiger partial charge in [-0.15, -0.1) is 0 Å². The standard InChI is InChI=1S/C50H66N2/c1-32-25-34(51-44-31-43-40(27-33(44)2)47(7,8)23-24-50(43,13)14)28-37(26-32)52(35-15-17-38-41(29-35)48(9,10)21-19-45(38,3)4)36-16-18-39-42(30-36)49(11,12)22-20-46(39,5)6/h15-18,25-31,51H,19-24H2,1-14H3. The lowest BCUT2D eigenvalue weighted by molar-refractivity contribution is 0.332. The van der Waals surface area contributed by atoms with E-state index in [4.69, 9.17) is 0 Å². The third-order valence-corrected chi connectivity index (χ3v) is 14.0. The molecule has 0 amide bonds. The lowest BCUT2D eigenvalue weighted by Crippen LogP contribution is -2.34. The van der Waals surface area contributed by atoms with Gasteiger partial charge in [-0.3, -0.25) is 0 Å². The third-order valence-electron chi connectivity index (χ3n) is 14.0. The first-order valence-electron chi connectivity index (χ1n) is 20.2. The fraction of sp³-hybridized carbons (Fsp3) is 0.520. The molecule has 0 fully saturated rings. The molecule has 0 radical (unpaired) electrons. The quantitative estimate of drug-likeness (QED) is 0.224. The number of hydrogen-bond donors (Lipinski definition) is 1. The minimum Gasteiger partial charge on any atom is -0.355 e. The number of nitrogens with zero attached hydrogens (tertiary/aromatic N) is 1. The summed E-state index contributed by atoms with van der Waals surface area (Å²) in [5, 5.41) is 3.95. The second kappa shape index (κ2) is 12.0. The molecule has 4 aromatic rings. The molecule has 0 unspecified atom stereocenters. The van der Waals surface area contributed by atoms with Crippen LogP contribution in [0.3, 0.4) is 0 Å². The monoisotopic (exact) mass is 695 g/mol. The van der Waals surface area contributed by atoms with Gasteiger partial charge in [0.1, 0.15) is 0 Å². The molecule has 4 aromatic carbocycles. The van der Waals surface area contributed by atoms with E-state index in [0.717, 1.165) is 5.69 Å². The summed E-state index contributed by atoms with van der Waals surface area (Å²) in [5.41, 5.74) is 18.5. The maximum Gasteiger partial charge on any atom is 0.0484 e. The number of nitrogens with one attached hydrogen (secondary N) is 1. The predicted octanol–water partition coefficient (Wildman–Crippen LogP) is 14.6. The zero-order valence-corrected chi connectivity index (χ0v) is 35.0. The first-order chi connectivity index (χ1) is 24.0. The van der Waals surface area contributed by atoms with E-state index in [9.17, 15) is 0 Å². The van der Waals surface area contributed by atoms with Crippen LogP contribution in [0.25, 0.3) is 0 Å². The first-order valence-corrected chi connectivity index (χ1v) is 20.2. The van der Waals surface area contributed by atoms with Gasteiger partial charge in [-0.1, -0.05) is 101 Å². The molecular formula is C50H66N2. The lowest BCUT2D eigenvalue weighted by atomic mass is 9.63. The molecule has 3 aliphatic carbocycles. The van der Waals surface area contributed by atoms with Crippen LogP contribution in [-0.4, -0.2) is 0 Å². The average Bonchev–Trinajstić information content (AvgIpc) is 3.05. The Balaban J connectivity index is 1.39. The molecule has 2 heteroatoms. The Morgan fingerprint density at radius 3 is 1.23 bits per heavy atom. The normalized spacial score (nSPS) is 21.3. The van der Waals surface area contributed by atoms with E-state index >= 15 is 0 Å². The Labute approximate surface area is 316 Å². The molecule has 2 nitrogen and oxygen atoms in total. The molecule has 0 saturated heterocycles. The van der Waals surface area contributed by atoms with Crippen molar-refractivity contribution in [2.24, 2.45) is 0 Å². The van der Waals surface area contributed by atoms with Gasteiger partial charge in [0.2, 0.25) is 0 Å². The third kappa shape index (κ3) is 6.31. The molecule has 0 heterocycles. The summed E-state index contributed by atoms with van der Waals surface area (Å²) in [7, 11) is 0. The van der Waals surface area contributed by atoms with Crippen molar-refractivity contribution < 1.29 is 0 Å². The van der Waals surface area contributed by atoms with Gasteiger partial charge in [-0.05, 0) is 178 Å². The zero-order chi connectivity index (χ0) is 37.8. The van der Waals surface area contributed by atoms with Crippen molar-refractivity contribution in [2.45, 2.75) is 168 Å². The molecule has 276 valence electrons. The number of hydrogen-bond acceptors (Lipinski definition) is 2. The molecule has 0 saturated carbocycles. The molecule has 0 aliphatic heterocycles. The second-order valence-corrected chi connectivity index (χ2v) is 21.0. The van der Waals surface area contributed by atoms with Crippen LogP contribution in [0.5, 0.6) is 0 Å². The largest absolute Gasteiger partial charge is 0.355 e. The number of benzene rings is 4. The van der Waals surface area contributed by atoms with Gasteiger partial charge in [-0.25, -0.2) is 0 Å². The van der Waals surface area contributed by atoms with E-state index in [2.05, 4.69) is 174 Å². The minimum atomic E-state index is 0.125. The summed E-state index contributed by atoms with van der Waals surface area (Å²) >= 11 is 0. The van der Waals surface area contributed by atoms with E-state index < -0.39 is 0 Å². The highest BCUT2D eigenvalue weighted by atomic mass is 15.1. The highest BCUT2D eigenvalue weighted by Crippen LogP contribution is 2.52. The van der Waals surface area contributed by atoms with E-state index in [1.54, 1.807) is 0 Å². The zero-order valence-electron chi connectivity index (χ0n) is 35.0. The topological polar surface area (TPSA) is 15.3 Å². The summed E-state index contributed by atoms with van der Waals surface area (Å²) in [5.74, 6) is 0. The van der Waals surface area contributed by atoms with Crippen molar-refractivity contribution in [3.05, 3.63) is 111 Å². The van der Waals surface area contributed by atoms with Crippen LogP contribution in [0.4, 0.5) is 28.4 Å². The smallest absolute Gasteiger partial charge is 0.0484 e. The molecule has 0 aromatic heterocycles. The van der Waals surface area contributed by atoms with Gasteiger partial charge in [0.05, 0.1) is 0 Å². The van der Waals surface area contributed by atoms with Gasteiger partial charge >= 0.3 is 0 Å². The number of anilines is 5. The maximum atomic E-state index is 3.95. The number of aryl methyl sites for hydroxylation is 2. The highest BCUT2D eigenvalue weighted by Gasteiger charge is 2.40. The van der Waals surface area contributed by atoms with Gasteiger partial charge in [-0.2, -0.15) is 0 Å². The van der Waals surface area contributed by atoms with E-state index in [1.165, 1.54) is 106 Å². The summed E-state index contributed by atoms with van der Waals surface area (Å²) < 4.78 is 0. The number of fused-ring (bicyclic) bond motifs is 3. The minimum absolute atomic E-state index is 0.125. The van der Waals surface area contributed by atoms with Crippen LogP contribution in [-0.2, 0) is 32.5 Å². The maximum absolute atomic E-state index is 3.95. The van der Waals surface area contributed by atoms with Crippen LogP contribution in [0, 0.1) is 13.8 Å². The van der Waals surface area contributed by atoms with E-state index in [1.807, 2.05) is 0 Å². The van der Waals surface area contributed by atoms with E-state index in [-0.39, 0.29) is 32.5 Å². The summed E-state index contributed by atoms with van der Waals surface area (Å²) in [6.45, 7) is 33.7. The molecule has 3 aliphatic rings. The Kier molecular flexibility index (Phi) is 8.49. The molecule has 0 spiro atoms. The van der Waals surface area contributed by atoms with E-state index in [0.29, 0.717) is 0 Å². The van der Waals surface area contributed by atoms with Gasteiger partial charge in [0.15, 0.2) is 0 Å². The predicted molar refractivity (Wildman–Crippen MR) is 226 cm³/mol. The van der Waals surface area contributed by atoms with Crippen LogP contribution in [0.2, 0.25) is 0 Å². The Hall–Kier alpha value is -3.52. The van der Waals surface area contributed by atoms with Crippen molar-refractivity contribution in [3.8, 4) is 0 Å². The average molecular weight is 695 g/mol. The number of rotatable bonds is 5. The van der Waals surface area contributed by atoms with Crippen LogP contribution in [0.1, 0.15) is 166 Å². The van der Waals surface area contributed by atoms with Crippen LogP contribution in [0.15, 0.2) is 66.7 Å². The Morgan fingerprint density at radius 1 is 0.404 bits per heavy atom. The lowest BCUT2D eigenvalue weighted by Gasteiger charge is -2.43. The molecule has 7 rings (SSSR count). The second-order valence-electron chi connectivity index (χ2n) is 21.0. The summed E-state index contributed by atoms with van der Waals surface area (Å²) in [6.07, 6.45) is 7.27. The first kappa shape index (κ1) is 36.8. The molecule has 52 heavy (non-hydrogen) atoms. The van der Waals surface area contributed by atoms with Crippen LogP contribution < -0.4 is 10.2 Å². The van der Waals surface area contributed by atoms with Crippen molar-refractivity contribution in [1.82, 2.24) is 0 Å². The summed E-state index contributed by atoms with van der Waals surface area (Å²) in [6, 6.07) is 26.7. The van der Waals surface area contributed by atoms with Crippen molar-refractivity contribution >= 4 is 28.4 Å². The fourth-order valence-electron chi connectivity index (χ4n) is 9.86. The van der Waals surface area contributed by atoms with Crippen molar-refractivity contribution in [3.63, 3.8) is 0 Å². The van der Waals surface area contributed by atoms with Crippen molar-refractivity contribution in [2.75, 3.05) is 10.2 Å². The van der Waals surface area contributed by atoms with Gasteiger partial charge < -0.3 is 10.2 Å². The fourth-order valence-corrected chi connectivity index (χ4v) is 9.86. The van der Waals surface area contributed by atoms with Gasteiger partial charge in [0, 0.05) is 28.4 Å². The Morgan fingerprint density at radius 2 is 0.788 bits per heavy atom. The molecule has 0 atom stereocenters. The Bertz CT molecular complexity index is 1970.